The van der Waals surface area contributed by atoms with Crippen LogP contribution in [0.1, 0.15) is 6.92 Å². The third-order valence-electron chi connectivity index (χ3n) is 5.23. The van der Waals surface area contributed by atoms with Crippen molar-refractivity contribution in [3.05, 3.63) is 59.8 Å². The van der Waals surface area contributed by atoms with Crippen molar-refractivity contribution in [1.82, 2.24) is 0 Å². The Bertz CT molecular complexity index is 853. The maximum atomic E-state index is 12.9. The molecule has 2 aliphatic rings. The van der Waals surface area contributed by atoms with Crippen LogP contribution >= 0.6 is 0 Å². The molecular formula is C20H20N2O3Se. The van der Waals surface area contributed by atoms with E-state index in [1.807, 2.05) is 49.4 Å². The Labute approximate surface area is 159 Å². The molecule has 0 radical (unpaired) electrons. The van der Waals surface area contributed by atoms with Gasteiger partial charge in [0.25, 0.3) is 0 Å². The van der Waals surface area contributed by atoms with Gasteiger partial charge in [0.2, 0.25) is 0 Å². The average Bonchev–Trinajstić information content (AvgIpc) is 2.89. The molecule has 0 saturated carbocycles. The summed E-state index contributed by atoms with van der Waals surface area (Å²) in [5.41, 5.74) is 0.139. The van der Waals surface area contributed by atoms with E-state index in [1.165, 1.54) is 4.46 Å². The number of carbonyl (C=O) groups is 1. The molecule has 1 fully saturated rings. The summed E-state index contributed by atoms with van der Waals surface area (Å²) in [6, 6.07) is 17.4. The second-order valence-corrected chi connectivity index (χ2v) is 9.01. The topological polar surface area (TPSA) is 55.6 Å². The first-order valence-electron chi connectivity index (χ1n) is 8.51. The van der Waals surface area contributed by atoms with Crippen LogP contribution in [0.15, 0.2) is 54.6 Å². The van der Waals surface area contributed by atoms with Crippen LogP contribution in [0.2, 0.25) is 5.32 Å². The van der Waals surface area contributed by atoms with Gasteiger partial charge in [0.1, 0.15) is 0 Å². The first-order chi connectivity index (χ1) is 12.5. The van der Waals surface area contributed by atoms with E-state index in [2.05, 4.69) is 12.1 Å². The van der Waals surface area contributed by atoms with Crippen LogP contribution < -0.4 is 14.1 Å². The van der Waals surface area contributed by atoms with Gasteiger partial charge in [-0.05, 0) is 0 Å². The molecule has 2 heterocycles. The summed E-state index contributed by atoms with van der Waals surface area (Å²) in [5.74, 6) is 0.503. The number of benzene rings is 2. The van der Waals surface area contributed by atoms with Gasteiger partial charge in [-0.25, -0.2) is 0 Å². The first kappa shape index (κ1) is 17.1. The molecular weight excluding hydrogens is 395 g/mol. The van der Waals surface area contributed by atoms with Crippen LogP contribution in [0.4, 0.5) is 5.69 Å². The van der Waals surface area contributed by atoms with Crippen molar-refractivity contribution in [2.24, 2.45) is 5.92 Å². The maximum absolute atomic E-state index is 12.9. The van der Waals surface area contributed by atoms with E-state index in [0.717, 1.165) is 16.2 Å². The third kappa shape index (κ3) is 2.61. The molecule has 3 atom stereocenters. The van der Waals surface area contributed by atoms with E-state index in [9.17, 15) is 10.0 Å². The number of fused-ring (bicyclic) bond motifs is 1. The number of amides is 1. The molecule has 0 spiro atoms. The van der Waals surface area contributed by atoms with Gasteiger partial charge in [0, 0.05) is 0 Å². The zero-order valence-electron chi connectivity index (χ0n) is 14.7. The SMILES string of the molecule is COc1ccc(N2C(=O)[C@H]3[C@@H]2C=[N+]([O-])[C@]3(C)C[Se]c2ccccc2)cc1. The van der Waals surface area contributed by atoms with E-state index >= 15 is 0 Å². The molecule has 5 nitrogen and oxygen atoms in total. The van der Waals surface area contributed by atoms with E-state index in [1.54, 1.807) is 18.2 Å². The van der Waals surface area contributed by atoms with Crippen LogP contribution in [-0.2, 0) is 4.79 Å². The quantitative estimate of drug-likeness (QED) is 0.324. The summed E-state index contributed by atoms with van der Waals surface area (Å²) in [4.78, 5) is 14.6. The number of ether oxygens (including phenoxy) is 1. The number of hydroxylamine groups is 1. The monoisotopic (exact) mass is 416 g/mol. The Hall–Kier alpha value is -2.30. The van der Waals surface area contributed by atoms with Gasteiger partial charge in [-0.2, -0.15) is 0 Å². The van der Waals surface area contributed by atoms with Gasteiger partial charge in [-0.15, -0.1) is 0 Å². The van der Waals surface area contributed by atoms with E-state index < -0.39 is 5.54 Å². The van der Waals surface area contributed by atoms with E-state index in [-0.39, 0.29) is 32.8 Å². The van der Waals surface area contributed by atoms with Crippen molar-refractivity contribution >= 4 is 37.2 Å². The average molecular weight is 415 g/mol. The van der Waals surface area contributed by atoms with Gasteiger partial charge < -0.3 is 0 Å². The molecule has 0 N–H and O–H groups in total. The molecule has 6 heteroatoms. The Morgan fingerprint density at radius 1 is 1.19 bits per heavy atom. The Morgan fingerprint density at radius 3 is 2.54 bits per heavy atom. The van der Waals surface area contributed by atoms with Crippen molar-refractivity contribution in [2.45, 2.75) is 23.8 Å². The fourth-order valence-electron chi connectivity index (χ4n) is 3.68. The zero-order chi connectivity index (χ0) is 18.3. The Morgan fingerprint density at radius 2 is 1.88 bits per heavy atom. The van der Waals surface area contributed by atoms with Crippen LogP contribution in [0.25, 0.3) is 0 Å². The number of hydrogen-bond acceptors (Lipinski definition) is 3. The fourth-order valence-corrected chi connectivity index (χ4v) is 6.02. The van der Waals surface area contributed by atoms with Crippen LogP contribution in [0.3, 0.4) is 0 Å². The number of nitrogens with zero attached hydrogens (tertiary/aromatic N) is 2. The van der Waals surface area contributed by atoms with Crippen LogP contribution in [0.5, 0.6) is 5.75 Å². The Balaban J connectivity index is 1.53. The molecule has 134 valence electrons. The summed E-state index contributed by atoms with van der Waals surface area (Å²) in [6.45, 7) is 1.93. The molecule has 0 bridgehead atoms. The van der Waals surface area contributed by atoms with Crippen LogP contribution in [-0.4, -0.2) is 50.5 Å². The van der Waals surface area contributed by atoms with Crippen molar-refractivity contribution in [2.75, 3.05) is 12.0 Å². The minimum atomic E-state index is -0.666. The number of methoxy groups -OCH3 is 1. The van der Waals surface area contributed by atoms with Gasteiger partial charge >= 0.3 is 159 Å². The molecule has 0 aromatic heterocycles. The third-order valence-corrected chi connectivity index (χ3v) is 8.03. The number of carbonyl (C=O) groups excluding carboxylic acids is 1. The van der Waals surface area contributed by atoms with E-state index in [4.69, 9.17) is 4.74 Å². The molecule has 1 saturated heterocycles. The molecule has 0 aliphatic carbocycles. The normalized spacial score (nSPS) is 26.9. The molecule has 26 heavy (non-hydrogen) atoms. The molecule has 0 unspecified atom stereocenters. The summed E-state index contributed by atoms with van der Waals surface area (Å²) in [7, 11) is 1.61. The van der Waals surface area contributed by atoms with Gasteiger partial charge in [0.15, 0.2) is 0 Å². The fraction of sp³-hybridized carbons (Fsp3) is 0.300. The number of hydrogen-bond donors (Lipinski definition) is 0. The molecule has 1 amide bonds. The first-order valence-corrected chi connectivity index (χ1v) is 10.6. The predicted octanol–water partition coefficient (Wildman–Crippen LogP) is 1.83. The summed E-state index contributed by atoms with van der Waals surface area (Å²) in [6.07, 6.45) is 1.66. The van der Waals surface area contributed by atoms with Crippen LogP contribution in [0, 0.1) is 11.1 Å². The van der Waals surface area contributed by atoms with Gasteiger partial charge in [-0.3, -0.25) is 0 Å². The number of anilines is 1. The second kappa shape index (κ2) is 6.45. The predicted molar refractivity (Wildman–Crippen MR) is 102 cm³/mol. The van der Waals surface area contributed by atoms with Crippen molar-refractivity contribution in [3.8, 4) is 5.75 Å². The van der Waals surface area contributed by atoms with Crippen molar-refractivity contribution in [3.63, 3.8) is 0 Å². The molecule has 2 aromatic rings. The van der Waals surface area contributed by atoms with Crippen molar-refractivity contribution in [1.29, 1.82) is 0 Å². The number of rotatable bonds is 5. The second-order valence-electron chi connectivity index (χ2n) is 6.81. The molecule has 4 rings (SSSR count). The van der Waals surface area contributed by atoms with Gasteiger partial charge in [0.05, 0.1) is 0 Å². The summed E-state index contributed by atoms with van der Waals surface area (Å²) in [5, 5.41) is 13.4. The standard InChI is InChI=1S/C20H20N2O3Se/c1-20(13-26-16-6-4-3-5-7-16)18-17(12-21(20)24)22(19(18)23)14-8-10-15(25-2)11-9-14/h3-12,17-18H,13H2,1-2H3/t17-,18+,20+/m0/s1. The summed E-state index contributed by atoms with van der Waals surface area (Å²) >= 11 is 0.155. The molecule has 2 aromatic carbocycles. The molecule has 2 aliphatic heterocycles. The van der Waals surface area contributed by atoms with E-state index in [0.29, 0.717) is 5.32 Å². The Kier molecular flexibility index (Phi) is 4.25. The zero-order valence-corrected chi connectivity index (χ0v) is 16.4. The summed E-state index contributed by atoms with van der Waals surface area (Å²) < 4.78 is 7.44. The number of β-lactam (4-membered cyclic amide) rings is 1. The van der Waals surface area contributed by atoms with Gasteiger partial charge in [-0.1, -0.05) is 0 Å². The minimum absolute atomic E-state index is 0.0288. The van der Waals surface area contributed by atoms with Crippen molar-refractivity contribution < 1.29 is 14.3 Å².